The van der Waals surface area contributed by atoms with E-state index in [1.165, 1.54) is 83.5 Å². The van der Waals surface area contributed by atoms with Crippen molar-refractivity contribution < 1.29 is 9.53 Å². The minimum atomic E-state index is -0.0819. The number of ether oxygens (including phenoxy) is 1. The Kier molecular flexibility index (Phi) is 15.8. The van der Waals surface area contributed by atoms with E-state index < -0.39 is 0 Å². The van der Waals surface area contributed by atoms with E-state index in [-0.39, 0.29) is 5.97 Å². The van der Waals surface area contributed by atoms with Crippen molar-refractivity contribution in [2.24, 2.45) is 0 Å². The van der Waals surface area contributed by atoms with Crippen molar-refractivity contribution in [2.45, 2.75) is 116 Å². The summed E-state index contributed by atoms with van der Waals surface area (Å²) in [7, 11) is 0. The predicted molar refractivity (Wildman–Crippen MR) is 114 cm³/mol. The van der Waals surface area contributed by atoms with Crippen LogP contribution in [0, 0.1) is 0 Å². The van der Waals surface area contributed by atoms with Crippen molar-refractivity contribution in [1.82, 2.24) is 4.98 Å². The third-order valence-corrected chi connectivity index (χ3v) is 5.13. The molecule has 0 saturated carbocycles. The smallest absolute Gasteiger partial charge is 0.306 e. The lowest BCUT2D eigenvalue weighted by Crippen LogP contribution is -2.04. The maximum Gasteiger partial charge on any atom is 0.306 e. The van der Waals surface area contributed by atoms with Gasteiger partial charge in [-0.15, -0.1) is 0 Å². The molecule has 0 bridgehead atoms. The first-order chi connectivity index (χ1) is 13.3. The monoisotopic (exact) mass is 375 g/mol. The van der Waals surface area contributed by atoms with E-state index in [1.807, 2.05) is 12.1 Å². The van der Waals surface area contributed by atoms with Gasteiger partial charge in [-0.3, -0.25) is 9.78 Å². The molecule has 3 heteroatoms. The van der Waals surface area contributed by atoms with Gasteiger partial charge >= 0.3 is 5.97 Å². The molecule has 0 unspecified atom stereocenters. The van der Waals surface area contributed by atoms with Crippen LogP contribution in [-0.4, -0.2) is 11.0 Å². The van der Waals surface area contributed by atoms with Gasteiger partial charge in [0.15, 0.2) is 0 Å². The Morgan fingerprint density at radius 2 is 1.19 bits per heavy atom. The fourth-order valence-electron chi connectivity index (χ4n) is 3.36. The molecule has 0 aliphatic carbocycles. The second kappa shape index (κ2) is 18.0. The third-order valence-electron chi connectivity index (χ3n) is 5.13. The first-order valence-corrected chi connectivity index (χ1v) is 11.4. The van der Waals surface area contributed by atoms with Gasteiger partial charge in [0, 0.05) is 18.8 Å². The lowest BCUT2D eigenvalue weighted by atomic mass is 10.0. The zero-order valence-corrected chi connectivity index (χ0v) is 17.6. The normalized spacial score (nSPS) is 10.9. The standard InChI is InChI=1S/C24H41NO2/c1-2-3-4-5-6-7-8-9-10-11-12-13-14-15-16-17-24(26)27-22-23-18-20-25-21-19-23/h18-21H,2-17,22H2,1H3. The molecule has 0 saturated heterocycles. The predicted octanol–water partition coefficient (Wildman–Crippen LogP) is 7.39. The van der Waals surface area contributed by atoms with Crippen molar-refractivity contribution in [3.05, 3.63) is 30.1 Å². The number of esters is 1. The van der Waals surface area contributed by atoms with Gasteiger partial charge in [0.1, 0.15) is 6.61 Å². The number of carbonyl (C=O) groups is 1. The van der Waals surface area contributed by atoms with Crippen molar-refractivity contribution in [3.63, 3.8) is 0 Å². The molecule has 154 valence electrons. The number of unbranched alkanes of at least 4 members (excludes halogenated alkanes) is 14. The first kappa shape index (κ1) is 23.7. The molecule has 0 atom stereocenters. The van der Waals surface area contributed by atoms with E-state index in [2.05, 4.69) is 11.9 Å². The summed E-state index contributed by atoms with van der Waals surface area (Å²) in [6.07, 6.45) is 24.1. The molecule has 0 radical (unpaired) electrons. The number of pyridine rings is 1. The van der Waals surface area contributed by atoms with Crippen LogP contribution in [-0.2, 0) is 16.1 Å². The SMILES string of the molecule is CCCCCCCCCCCCCCCCCC(=O)OCc1ccncc1. The Morgan fingerprint density at radius 1 is 0.741 bits per heavy atom. The zero-order valence-electron chi connectivity index (χ0n) is 17.6. The molecule has 1 aromatic rings. The van der Waals surface area contributed by atoms with Crippen LogP contribution < -0.4 is 0 Å². The fraction of sp³-hybridized carbons (Fsp3) is 0.750. The van der Waals surface area contributed by atoms with Gasteiger partial charge in [-0.05, 0) is 24.1 Å². The molecule has 0 aliphatic rings. The van der Waals surface area contributed by atoms with Gasteiger partial charge in [-0.25, -0.2) is 0 Å². The summed E-state index contributed by atoms with van der Waals surface area (Å²) in [4.78, 5) is 15.7. The quantitative estimate of drug-likeness (QED) is 0.198. The van der Waals surface area contributed by atoms with Crippen LogP contribution in [0.15, 0.2) is 24.5 Å². The van der Waals surface area contributed by atoms with Crippen LogP contribution >= 0.6 is 0 Å². The highest BCUT2D eigenvalue weighted by Gasteiger charge is 2.03. The van der Waals surface area contributed by atoms with E-state index in [4.69, 9.17) is 4.74 Å². The van der Waals surface area contributed by atoms with E-state index in [1.54, 1.807) is 12.4 Å². The van der Waals surface area contributed by atoms with Crippen LogP contribution in [0.5, 0.6) is 0 Å². The minimum Gasteiger partial charge on any atom is -0.461 e. The summed E-state index contributed by atoms with van der Waals surface area (Å²) in [5.74, 6) is -0.0819. The van der Waals surface area contributed by atoms with Crippen LogP contribution in [0.25, 0.3) is 0 Å². The van der Waals surface area contributed by atoms with E-state index in [9.17, 15) is 4.79 Å². The lowest BCUT2D eigenvalue weighted by molar-refractivity contribution is -0.145. The van der Waals surface area contributed by atoms with Crippen molar-refractivity contribution >= 4 is 5.97 Å². The highest BCUT2D eigenvalue weighted by atomic mass is 16.5. The second-order valence-electron chi connectivity index (χ2n) is 7.72. The molecule has 1 rings (SSSR count). The molecule has 0 fully saturated rings. The molecular weight excluding hydrogens is 334 g/mol. The van der Waals surface area contributed by atoms with Gasteiger partial charge in [-0.2, -0.15) is 0 Å². The molecule has 0 aromatic carbocycles. The highest BCUT2D eigenvalue weighted by Crippen LogP contribution is 2.14. The number of hydrogen-bond acceptors (Lipinski definition) is 3. The van der Waals surface area contributed by atoms with Crippen LogP contribution in [0.2, 0.25) is 0 Å². The summed E-state index contributed by atoms with van der Waals surface area (Å²) in [5.41, 5.74) is 0.995. The van der Waals surface area contributed by atoms with E-state index in [0.717, 1.165) is 18.4 Å². The van der Waals surface area contributed by atoms with Crippen molar-refractivity contribution in [1.29, 1.82) is 0 Å². The maximum absolute atomic E-state index is 11.7. The first-order valence-electron chi connectivity index (χ1n) is 11.4. The Morgan fingerprint density at radius 3 is 1.67 bits per heavy atom. The third kappa shape index (κ3) is 15.4. The van der Waals surface area contributed by atoms with Crippen molar-refractivity contribution in [3.8, 4) is 0 Å². The number of rotatable bonds is 18. The van der Waals surface area contributed by atoms with Gasteiger partial charge < -0.3 is 4.74 Å². The summed E-state index contributed by atoms with van der Waals surface area (Å²) in [6.45, 7) is 2.64. The molecule has 0 aliphatic heterocycles. The zero-order chi connectivity index (χ0) is 19.4. The van der Waals surface area contributed by atoms with Crippen molar-refractivity contribution in [2.75, 3.05) is 0 Å². The highest BCUT2D eigenvalue weighted by molar-refractivity contribution is 5.69. The molecule has 0 N–H and O–H groups in total. The summed E-state index contributed by atoms with van der Waals surface area (Å²) in [5, 5.41) is 0. The Labute approximate surface area is 167 Å². The fourth-order valence-corrected chi connectivity index (χ4v) is 3.36. The van der Waals surface area contributed by atoms with E-state index >= 15 is 0 Å². The maximum atomic E-state index is 11.7. The molecule has 1 heterocycles. The van der Waals surface area contributed by atoms with Gasteiger partial charge in [0.2, 0.25) is 0 Å². The molecule has 27 heavy (non-hydrogen) atoms. The molecule has 1 aromatic heterocycles. The molecular formula is C24H41NO2. The Bertz CT molecular complexity index is 447. The average molecular weight is 376 g/mol. The summed E-state index contributed by atoms with van der Waals surface area (Å²) in [6, 6.07) is 3.75. The van der Waals surface area contributed by atoms with Gasteiger partial charge in [0.05, 0.1) is 0 Å². The second-order valence-corrected chi connectivity index (χ2v) is 7.72. The number of nitrogens with zero attached hydrogens (tertiary/aromatic N) is 1. The number of carbonyl (C=O) groups excluding carboxylic acids is 1. The summed E-state index contributed by atoms with van der Waals surface area (Å²) >= 11 is 0. The van der Waals surface area contributed by atoms with Crippen LogP contribution in [0.1, 0.15) is 115 Å². The van der Waals surface area contributed by atoms with E-state index in [0.29, 0.717) is 13.0 Å². The average Bonchev–Trinajstić information content (AvgIpc) is 2.70. The minimum absolute atomic E-state index is 0.0819. The molecule has 0 spiro atoms. The largest absolute Gasteiger partial charge is 0.461 e. The molecule has 3 nitrogen and oxygen atoms in total. The Balaban J connectivity index is 1.77. The van der Waals surface area contributed by atoms with Crippen LogP contribution in [0.4, 0.5) is 0 Å². The van der Waals surface area contributed by atoms with Gasteiger partial charge in [0.25, 0.3) is 0 Å². The Hall–Kier alpha value is -1.38. The van der Waals surface area contributed by atoms with Crippen LogP contribution in [0.3, 0.4) is 0 Å². The molecule has 0 amide bonds. The summed E-state index contributed by atoms with van der Waals surface area (Å²) < 4.78 is 5.28. The lowest BCUT2D eigenvalue weighted by Gasteiger charge is -2.05. The topological polar surface area (TPSA) is 39.2 Å². The number of aromatic nitrogens is 1. The van der Waals surface area contributed by atoms with Gasteiger partial charge in [-0.1, -0.05) is 96.8 Å². The number of hydrogen-bond donors (Lipinski definition) is 0.